The van der Waals surface area contributed by atoms with Gasteiger partial charge in [0.05, 0.1) is 12.3 Å². The van der Waals surface area contributed by atoms with Gasteiger partial charge in [0, 0.05) is 30.2 Å². The highest BCUT2D eigenvalue weighted by atomic mass is 16.5. The highest BCUT2D eigenvalue weighted by molar-refractivity contribution is 5.91. The molecule has 1 aliphatic heterocycles. The van der Waals surface area contributed by atoms with E-state index in [1.807, 2.05) is 24.3 Å². The van der Waals surface area contributed by atoms with Crippen molar-refractivity contribution < 1.29 is 9.53 Å². The third kappa shape index (κ3) is 4.06. The summed E-state index contributed by atoms with van der Waals surface area (Å²) in [4.78, 5) is 13.9. The molecular weight excluding hydrogens is 326 g/mol. The number of nitrogens with zero attached hydrogens (tertiary/aromatic N) is 2. The summed E-state index contributed by atoms with van der Waals surface area (Å²) in [5.41, 5.74) is 5.27. The molecule has 5 nitrogen and oxygen atoms in total. The molecule has 0 saturated carbocycles. The zero-order chi connectivity index (χ0) is 18.5. The predicted octanol–water partition coefficient (Wildman–Crippen LogP) is 4.38. The van der Waals surface area contributed by atoms with Crippen LogP contribution in [0.15, 0.2) is 42.6 Å². The summed E-state index contributed by atoms with van der Waals surface area (Å²) in [5.74, 6) is 0. The Morgan fingerprint density at radius 1 is 1.31 bits per heavy atom. The van der Waals surface area contributed by atoms with Crippen molar-refractivity contribution >= 4 is 29.6 Å². The molecule has 2 heterocycles. The minimum atomic E-state index is -0.432. The quantitative estimate of drug-likeness (QED) is 0.742. The van der Waals surface area contributed by atoms with Gasteiger partial charge in [0.25, 0.3) is 0 Å². The smallest absolute Gasteiger partial charge is 0.411 e. The van der Waals surface area contributed by atoms with Crippen molar-refractivity contribution in [3.8, 4) is 0 Å². The number of rotatable bonds is 5. The highest BCUT2D eigenvalue weighted by Gasteiger charge is 2.16. The number of benzene rings is 1. The number of fused-ring (bicyclic) bond motifs is 2. The van der Waals surface area contributed by atoms with E-state index in [0.29, 0.717) is 6.61 Å². The first-order valence-corrected chi connectivity index (χ1v) is 8.87. The zero-order valence-electron chi connectivity index (χ0n) is 15.5. The van der Waals surface area contributed by atoms with Crippen molar-refractivity contribution in [3.63, 3.8) is 0 Å². The van der Waals surface area contributed by atoms with Crippen LogP contribution in [0.25, 0.3) is 17.8 Å². The van der Waals surface area contributed by atoms with Crippen molar-refractivity contribution in [2.45, 2.75) is 13.3 Å². The van der Waals surface area contributed by atoms with Gasteiger partial charge in [-0.05, 0) is 68.9 Å². The first-order valence-electron chi connectivity index (χ1n) is 8.87. The van der Waals surface area contributed by atoms with E-state index in [0.717, 1.165) is 35.5 Å². The van der Waals surface area contributed by atoms with E-state index in [1.165, 1.54) is 5.57 Å². The topological polar surface area (TPSA) is 46.5 Å². The summed E-state index contributed by atoms with van der Waals surface area (Å²) < 4.78 is 7.11. The third-order valence-corrected chi connectivity index (χ3v) is 4.26. The molecule has 26 heavy (non-hydrogen) atoms. The molecule has 0 fully saturated rings. The van der Waals surface area contributed by atoms with Crippen LogP contribution in [0.3, 0.4) is 0 Å². The lowest BCUT2D eigenvalue weighted by atomic mass is 9.96. The fourth-order valence-electron chi connectivity index (χ4n) is 3.03. The molecular formula is C21H25N3O2. The molecule has 0 bridgehead atoms. The van der Waals surface area contributed by atoms with E-state index >= 15 is 0 Å². The highest BCUT2D eigenvalue weighted by Crippen LogP contribution is 2.33. The maximum absolute atomic E-state index is 11.8. The van der Waals surface area contributed by atoms with Gasteiger partial charge >= 0.3 is 6.09 Å². The Labute approximate surface area is 154 Å². The molecule has 0 saturated heterocycles. The molecule has 0 atom stereocenters. The molecule has 136 valence electrons. The van der Waals surface area contributed by atoms with Gasteiger partial charge in [-0.2, -0.15) is 0 Å². The first kappa shape index (κ1) is 18.0. The van der Waals surface area contributed by atoms with Gasteiger partial charge in [0.1, 0.15) is 0 Å². The molecule has 0 spiro atoms. The van der Waals surface area contributed by atoms with E-state index in [1.54, 1.807) is 6.92 Å². The molecule has 0 radical (unpaired) electrons. The molecule has 0 aliphatic carbocycles. The van der Waals surface area contributed by atoms with E-state index in [2.05, 4.69) is 59.5 Å². The molecule has 1 amide bonds. The van der Waals surface area contributed by atoms with E-state index in [9.17, 15) is 4.79 Å². The average Bonchev–Trinajstić information content (AvgIpc) is 3.00. The number of amides is 1. The Morgan fingerprint density at radius 3 is 2.92 bits per heavy atom. The van der Waals surface area contributed by atoms with Crippen molar-refractivity contribution in [2.24, 2.45) is 0 Å². The molecule has 2 aromatic rings. The molecule has 1 aromatic heterocycles. The number of aromatic nitrogens is 1. The summed E-state index contributed by atoms with van der Waals surface area (Å²) in [5, 5.41) is 2.80. The molecule has 5 heteroatoms. The Morgan fingerprint density at radius 2 is 2.15 bits per heavy atom. The normalized spacial score (nSPS) is 14.1. The largest absolute Gasteiger partial charge is 0.450 e. The van der Waals surface area contributed by atoms with Crippen LogP contribution in [-0.2, 0) is 4.74 Å². The Kier molecular flexibility index (Phi) is 5.58. The Hall–Kier alpha value is -2.79. The van der Waals surface area contributed by atoms with Gasteiger partial charge in [-0.3, -0.25) is 5.32 Å². The first-order chi connectivity index (χ1) is 12.6. The summed E-state index contributed by atoms with van der Waals surface area (Å²) in [7, 11) is 4.15. The summed E-state index contributed by atoms with van der Waals surface area (Å²) >= 11 is 0. The number of anilines is 1. The van der Waals surface area contributed by atoms with Crippen molar-refractivity contribution in [3.05, 3.63) is 59.4 Å². The second kappa shape index (κ2) is 8.06. The predicted molar refractivity (Wildman–Crippen MR) is 107 cm³/mol. The van der Waals surface area contributed by atoms with Crippen molar-refractivity contribution in [1.82, 2.24) is 9.47 Å². The molecule has 1 aromatic carbocycles. The summed E-state index contributed by atoms with van der Waals surface area (Å²) in [6.45, 7) is 3.12. The SMILES string of the molecule is CCOC(=O)Nc1ccc2c(c1)C(=CCCN(C)C)c1cccn1C=C2. The van der Waals surface area contributed by atoms with Crippen LogP contribution in [0.2, 0.25) is 0 Å². The second-order valence-corrected chi connectivity index (χ2v) is 6.47. The number of carbonyl (C=O) groups excluding carboxylic acids is 1. The van der Waals surface area contributed by atoms with Crippen LogP contribution < -0.4 is 5.32 Å². The number of hydrogen-bond donors (Lipinski definition) is 1. The minimum absolute atomic E-state index is 0.350. The molecule has 0 unspecified atom stereocenters. The van der Waals surface area contributed by atoms with Gasteiger partial charge < -0.3 is 14.2 Å². The molecule has 1 aliphatic rings. The average molecular weight is 351 g/mol. The minimum Gasteiger partial charge on any atom is -0.450 e. The lowest BCUT2D eigenvalue weighted by Gasteiger charge is -2.14. The molecule has 1 N–H and O–H groups in total. The summed E-state index contributed by atoms with van der Waals surface area (Å²) in [6, 6.07) is 10.1. The van der Waals surface area contributed by atoms with Gasteiger partial charge in [0.2, 0.25) is 0 Å². The second-order valence-electron chi connectivity index (χ2n) is 6.47. The van der Waals surface area contributed by atoms with Crippen molar-refractivity contribution in [1.29, 1.82) is 0 Å². The third-order valence-electron chi connectivity index (χ3n) is 4.26. The lowest BCUT2D eigenvalue weighted by Crippen LogP contribution is -2.13. The Bertz CT molecular complexity index is 847. The molecule has 3 rings (SSSR count). The van der Waals surface area contributed by atoms with Gasteiger partial charge in [-0.15, -0.1) is 0 Å². The van der Waals surface area contributed by atoms with Crippen LogP contribution in [0, 0.1) is 0 Å². The fourth-order valence-corrected chi connectivity index (χ4v) is 3.03. The number of ether oxygens (including phenoxy) is 1. The monoisotopic (exact) mass is 351 g/mol. The summed E-state index contributed by atoms with van der Waals surface area (Å²) in [6.07, 6.45) is 9.00. The van der Waals surface area contributed by atoms with Crippen LogP contribution in [0.4, 0.5) is 10.5 Å². The fraction of sp³-hybridized carbons (Fsp3) is 0.286. The number of carbonyl (C=O) groups is 1. The number of hydrogen-bond acceptors (Lipinski definition) is 3. The van der Waals surface area contributed by atoms with Crippen LogP contribution in [-0.4, -0.2) is 42.8 Å². The van der Waals surface area contributed by atoms with Crippen LogP contribution in [0.1, 0.15) is 30.2 Å². The Balaban J connectivity index is 1.99. The van der Waals surface area contributed by atoms with Gasteiger partial charge in [0.15, 0.2) is 0 Å². The van der Waals surface area contributed by atoms with Gasteiger partial charge in [-0.25, -0.2) is 4.79 Å². The van der Waals surface area contributed by atoms with Crippen LogP contribution in [0.5, 0.6) is 0 Å². The standard InChI is InChI=1S/C21H25N3O2/c1-4-26-21(25)22-17-10-9-16-11-14-24-13-6-8-20(24)18(19(16)15-17)7-5-12-23(2)3/h6-11,13-15H,4-5,12H2,1-3H3,(H,22,25). The van der Waals surface area contributed by atoms with Crippen molar-refractivity contribution in [2.75, 3.05) is 32.6 Å². The van der Waals surface area contributed by atoms with E-state index in [-0.39, 0.29) is 0 Å². The maximum Gasteiger partial charge on any atom is 0.411 e. The maximum atomic E-state index is 11.8. The van der Waals surface area contributed by atoms with E-state index < -0.39 is 6.09 Å². The van der Waals surface area contributed by atoms with Gasteiger partial charge in [-0.1, -0.05) is 12.1 Å². The van der Waals surface area contributed by atoms with Crippen LogP contribution >= 0.6 is 0 Å². The number of nitrogens with one attached hydrogen (secondary N) is 1. The lowest BCUT2D eigenvalue weighted by molar-refractivity contribution is 0.168. The zero-order valence-corrected chi connectivity index (χ0v) is 15.5. The van der Waals surface area contributed by atoms with E-state index in [4.69, 9.17) is 4.74 Å².